The van der Waals surface area contributed by atoms with Gasteiger partial charge in [-0.2, -0.15) is 0 Å². The molecule has 38 heavy (non-hydrogen) atoms. The zero-order chi connectivity index (χ0) is 26.0. The number of benzene rings is 1. The number of imidazole rings is 1. The molecule has 4 bridgehead atoms. The lowest BCUT2D eigenvalue weighted by molar-refractivity contribution is -0.131. The van der Waals surface area contributed by atoms with Crippen LogP contribution in [0.3, 0.4) is 0 Å². The number of aromatic amines is 1. The lowest BCUT2D eigenvalue weighted by atomic mass is 9.88. The molecule has 4 fully saturated rings. The van der Waals surface area contributed by atoms with Crippen LogP contribution in [0.5, 0.6) is 0 Å². The van der Waals surface area contributed by atoms with Crippen LogP contribution in [0.15, 0.2) is 39.9 Å². The highest BCUT2D eigenvalue weighted by Gasteiger charge is 2.41. The van der Waals surface area contributed by atoms with E-state index < -0.39 is 5.97 Å². The molecule has 8 nitrogen and oxygen atoms in total. The molecule has 6 unspecified atom stereocenters. The third-order valence-corrected chi connectivity index (χ3v) is 10.1. The van der Waals surface area contributed by atoms with Crippen molar-refractivity contribution in [2.24, 2.45) is 35.5 Å². The van der Waals surface area contributed by atoms with Crippen molar-refractivity contribution in [2.75, 3.05) is 0 Å². The van der Waals surface area contributed by atoms with Crippen molar-refractivity contribution in [3.05, 3.63) is 56.7 Å². The van der Waals surface area contributed by atoms with Crippen molar-refractivity contribution in [1.29, 1.82) is 0 Å². The van der Waals surface area contributed by atoms with Gasteiger partial charge in [0.1, 0.15) is 11.5 Å². The van der Waals surface area contributed by atoms with Crippen LogP contribution in [0.2, 0.25) is 0 Å². The highest BCUT2D eigenvalue weighted by atomic mass is 16.4. The van der Waals surface area contributed by atoms with E-state index in [4.69, 9.17) is 10.1 Å². The fourth-order valence-corrected chi connectivity index (χ4v) is 8.22. The summed E-state index contributed by atoms with van der Waals surface area (Å²) in [5, 5.41) is 8.88. The van der Waals surface area contributed by atoms with E-state index in [0.29, 0.717) is 53.7 Å². The van der Waals surface area contributed by atoms with E-state index in [1.165, 1.54) is 49.2 Å². The van der Waals surface area contributed by atoms with Gasteiger partial charge in [0.2, 0.25) is 0 Å². The van der Waals surface area contributed by atoms with Crippen LogP contribution >= 0.6 is 0 Å². The lowest BCUT2D eigenvalue weighted by Crippen LogP contribution is -2.43. The Morgan fingerprint density at radius 1 is 0.921 bits per heavy atom. The zero-order valence-corrected chi connectivity index (χ0v) is 21.5. The van der Waals surface area contributed by atoms with E-state index in [2.05, 4.69) is 4.98 Å². The Balaban J connectivity index is 1.29. The van der Waals surface area contributed by atoms with Crippen LogP contribution in [-0.4, -0.2) is 30.2 Å². The Bertz CT molecular complexity index is 1550. The van der Waals surface area contributed by atoms with Crippen LogP contribution in [0.25, 0.3) is 28.6 Å². The number of carboxylic acids is 1. The van der Waals surface area contributed by atoms with E-state index in [1.54, 1.807) is 0 Å². The van der Waals surface area contributed by atoms with Crippen molar-refractivity contribution < 1.29 is 9.90 Å². The Labute approximate surface area is 220 Å². The highest BCUT2D eigenvalue weighted by Crippen LogP contribution is 2.49. The number of hydrogen-bond donors (Lipinski definition) is 2. The number of nitrogens with one attached hydrogen (secondary N) is 1. The summed E-state index contributed by atoms with van der Waals surface area (Å²) in [6.45, 7) is 1.13. The van der Waals surface area contributed by atoms with E-state index in [0.717, 1.165) is 41.9 Å². The molecular weight excluding hydrogens is 480 g/mol. The number of aliphatic carboxylic acids is 1. The third-order valence-electron chi connectivity index (χ3n) is 10.1. The molecule has 4 saturated carbocycles. The monoisotopic (exact) mass is 514 g/mol. The molecule has 1 aromatic carbocycles. The first kappa shape index (κ1) is 23.7. The highest BCUT2D eigenvalue weighted by molar-refractivity contribution is 5.85. The Morgan fingerprint density at radius 2 is 1.55 bits per heavy atom. The van der Waals surface area contributed by atoms with Gasteiger partial charge in [0.15, 0.2) is 5.52 Å². The SMILES string of the molecule is O=C(O)/C=C/c1ccc(-c2nc3c(=O)n(CC4CC5CCC4C5)c(=O)n(CC4CC5CCC4C5)c3[nH]2)cc1. The number of aromatic nitrogens is 4. The van der Waals surface area contributed by atoms with Crippen molar-refractivity contribution in [2.45, 2.75) is 64.5 Å². The van der Waals surface area contributed by atoms with Gasteiger partial charge in [0, 0.05) is 24.7 Å². The van der Waals surface area contributed by atoms with E-state index in [1.807, 2.05) is 28.8 Å². The molecule has 0 spiro atoms. The average molecular weight is 515 g/mol. The summed E-state index contributed by atoms with van der Waals surface area (Å²) in [7, 11) is 0. The fourth-order valence-electron chi connectivity index (χ4n) is 8.22. The van der Waals surface area contributed by atoms with E-state index >= 15 is 0 Å². The molecule has 0 amide bonds. The van der Waals surface area contributed by atoms with Crippen LogP contribution in [0.1, 0.15) is 56.9 Å². The minimum atomic E-state index is -0.999. The summed E-state index contributed by atoms with van der Waals surface area (Å²) in [5.41, 5.74) is 1.91. The molecule has 2 N–H and O–H groups in total. The maximum Gasteiger partial charge on any atom is 0.332 e. The molecule has 6 atom stereocenters. The second-order valence-corrected chi connectivity index (χ2v) is 12.3. The zero-order valence-electron chi connectivity index (χ0n) is 21.5. The van der Waals surface area contributed by atoms with Gasteiger partial charge in [-0.25, -0.2) is 14.6 Å². The van der Waals surface area contributed by atoms with Gasteiger partial charge in [-0.15, -0.1) is 0 Å². The van der Waals surface area contributed by atoms with Crippen LogP contribution < -0.4 is 11.2 Å². The number of carbonyl (C=O) groups is 1. The number of carboxylic acid groups (broad SMARTS) is 1. The molecule has 0 aliphatic heterocycles. The number of rotatable bonds is 7. The largest absolute Gasteiger partial charge is 0.478 e. The second kappa shape index (κ2) is 9.10. The first-order valence-corrected chi connectivity index (χ1v) is 14.2. The van der Waals surface area contributed by atoms with Crippen LogP contribution in [0.4, 0.5) is 0 Å². The number of nitrogens with zero attached hydrogens (tertiary/aromatic N) is 3. The Hall–Kier alpha value is -3.42. The molecule has 4 aliphatic rings. The molecule has 8 heteroatoms. The summed E-state index contributed by atoms with van der Waals surface area (Å²) in [4.78, 5) is 46.5. The van der Waals surface area contributed by atoms with Gasteiger partial charge in [-0.3, -0.25) is 13.9 Å². The normalized spacial score (nSPS) is 29.8. The maximum absolute atomic E-state index is 13.9. The standard InChI is InChI=1S/C30H34N4O4/c35-25(36)10-5-17-1-6-20(7-2-17)27-31-26-28(32-27)33(15-23-13-18-3-8-21(23)11-18)30(38)34(29(26)37)16-24-14-19-4-9-22(24)12-19/h1-2,5-7,10,18-19,21-24H,3-4,8-9,11-16H2,(H,31,32)(H,35,36)/b10-5+. The molecule has 4 aliphatic carbocycles. The van der Waals surface area contributed by atoms with Crippen molar-refractivity contribution >= 4 is 23.2 Å². The Kier molecular flexibility index (Phi) is 5.67. The summed E-state index contributed by atoms with van der Waals surface area (Å²) in [6.07, 6.45) is 12.5. The van der Waals surface area contributed by atoms with Gasteiger partial charge in [-0.05, 0) is 85.7 Å². The van der Waals surface area contributed by atoms with Gasteiger partial charge in [0.05, 0.1) is 0 Å². The molecule has 2 heterocycles. The molecular formula is C30H34N4O4. The third kappa shape index (κ3) is 4.05. The van der Waals surface area contributed by atoms with Gasteiger partial charge >= 0.3 is 11.7 Å². The number of fused-ring (bicyclic) bond motifs is 5. The number of hydrogen-bond acceptors (Lipinski definition) is 4. The quantitative estimate of drug-likeness (QED) is 0.451. The molecule has 198 valence electrons. The topological polar surface area (TPSA) is 110 Å². The van der Waals surface area contributed by atoms with Crippen molar-refractivity contribution in [3.63, 3.8) is 0 Å². The number of H-pyrrole nitrogens is 1. The first-order valence-electron chi connectivity index (χ1n) is 14.2. The molecule has 3 aromatic rings. The van der Waals surface area contributed by atoms with Crippen molar-refractivity contribution in [1.82, 2.24) is 19.1 Å². The first-order chi connectivity index (χ1) is 18.4. The fraction of sp³-hybridized carbons (Fsp3) is 0.533. The minimum Gasteiger partial charge on any atom is -0.478 e. The smallest absolute Gasteiger partial charge is 0.332 e. The summed E-state index contributed by atoms with van der Waals surface area (Å²) in [6, 6.07) is 7.34. The minimum absolute atomic E-state index is 0.197. The molecule has 0 radical (unpaired) electrons. The van der Waals surface area contributed by atoms with Gasteiger partial charge in [-0.1, -0.05) is 37.1 Å². The predicted molar refractivity (Wildman–Crippen MR) is 145 cm³/mol. The summed E-state index contributed by atoms with van der Waals surface area (Å²) < 4.78 is 3.31. The molecule has 2 aromatic heterocycles. The van der Waals surface area contributed by atoms with Crippen LogP contribution in [-0.2, 0) is 17.9 Å². The summed E-state index contributed by atoms with van der Waals surface area (Å²) >= 11 is 0. The average Bonchev–Trinajstić information content (AvgIpc) is 3.75. The summed E-state index contributed by atoms with van der Waals surface area (Å²) in [5.74, 6) is 3.25. The molecule has 0 saturated heterocycles. The van der Waals surface area contributed by atoms with E-state index in [9.17, 15) is 14.4 Å². The molecule has 7 rings (SSSR count). The van der Waals surface area contributed by atoms with Crippen molar-refractivity contribution in [3.8, 4) is 11.4 Å². The van der Waals surface area contributed by atoms with Gasteiger partial charge in [0.25, 0.3) is 5.56 Å². The Morgan fingerprint density at radius 3 is 2.11 bits per heavy atom. The van der Waals surface area contributed by atoms with Crippen LogP contribution in [0, 0.1) is 35.5 Å². The predicted octanol–water partition coefficient (Wildman–Crippen LogP) is 4.52. The van der Waals surface area contributed by atoms with E-state index in [-0.39, 0.29) is 11.2 Å². The lowest BCUT2D eigenvalue weighted by Gasteiger charge is -2.25. The van der Waals surface area contributed by atoms with Gasteiger partial charge < -0.3 is 10.1 Å². The second-order valence-electron chi connectivity index (χ2n) is 12.3. The maximum atomic E-state index is 13.9.